The standard InChI is InChI=1S/C14H18Cl2N2O3S/c15-11-4-3-10(13(16)8-11)5-6-17-14(19)18-12-2-1-7-22(20,21)9-12/h3-4,8,12H,1-2,5-7,9H2,(H2,17,18,19). The Morgan fingerprint density at radius 2 is 2.09 bits per heavy atom. The summed E-state index contributed by atoms with van der Waals surface area (Å²) >= 11 is 11.9. The van der Waals surface area contributed by atoms with Gasteiger partial charge < -0.3 is 10.6 Å². The van der Waals surface area contributed by atoms with Gasteiger partial charge in [0.15, 0.2) is 9.84 Å². The van der Waals surface area contributed by atoms with E-state index in [0.717, 1.165) is 5.56 Å². The number of sulfone groups is 1. The van der Waals surface area contributed by atoms with Crippen LogP contribution in [0.3, 0.4) is 0 Å². The summed E-state index contributed by atoms with van der Waals surface area (Å²) < 4.78 is 23.0. The summed E-state index contributed by atoms with van der Waals surface area (Å²) in [5.74, 6) is 0.227. The number of hydrogen-bond donors (Lipinski definition) is 2. The lowest BCUT2D eigenvalue weighted by Crippen LogP contribution is -2.47. The van der Waals surface area contributed by atoms with Crippen molar-refractivity contribution in [3.63, 3.8) is 0 Å². The van der Waals surface area contributed by atoms with Crippen molar-refractivity contribution in [1.29, 1.82) is 0 Å². The molecule has 0 bridgehead atoms. The number of amides is 2. The fourth-order valence-corrected chi connectivity index (χ4v) is 4.55. The second-order valence-corrected chi connectivity index (χ2v) is 8.41. The monoisotopic (exact) mass is 364 g/mol. The highest BCUT2D eigenvalue weighted by Crippen LogP contribution is 2.21. The molecule has 0 aromatic heterocycles. The fourth-order valence-electron chi connectivity index (χ4n) is 2.41. The molecular weight excluding hydrogens is 347 g/mol. The van der Waals surface area contributed by atoms with Gasteiger partial charge in [0.2, 0.25) is 0 Å². The lowest BCUT2D eigenvalue weighted by atomic mass is 10.1. The number of hydrogen-bond acceptors (Lipinski definition) is 3. The first-order chi connectivity index (χ1) is 10.4. The lowest BCUT2D eigenvalue weighted by Gasteiger charge is -2.23. The Labute approximate surface area is 140 Å². The first-order valence-corrected chi connectivity index (χ1v) is 9.62. The molecule has 22 heavy (non-hydrogen) atoms. The lowest BCUT2D eigenvalue weighted by molar-refractivity contribution is 0.237. The summed E-state index contributed by atoms with van der Waals surface area (Å²) in [5.41, 5.74) is 0.895. The highest BCUT2D eigenvalue weighted by Gasteiger charge is 2.25. The molecule has 1 aliphatic rings. The first kappa shape index (κ1) is 17.4. The van der Waals surface area contributed by atoms with Crippen LogP contribution < -0.4 is 10.6 Å². The van der Waals surface area contributed by atoms with Gasteiger partial charge in [-0.05, 0) is 37.0 Å². The van der Waals surface area contributed by atoms with E-state index in [1.54, 1.807) is 12.1 Å². The molecule has 2 rings (SSSR count). The molecule has 0 radical (unpaired) electrons. The predicted molar refractivity (Wildman–Crippen MR) is 88.4 cm³/mol. The van der Waals surface area contributed by atoms with Crippen molar-refractivity contribution in [1.82, 2.24) is 10.6 Å². The fraction of sp³-hybridized carbons (Fsp3) is 0.500. The average Bonchev–Trinajstić information content (AvgIpc) is 2.40. The highest BCUT2D eigenvalue weighted by atomic mass is 35.5. The summed E-state index contributed by atoms with van der Waals surface area (Å²) in [6, 6.07) is 4.56. The molecule has 1 aromatic carbocycles. The van der Waals surface area contributed by atoms with E-state index in [4.69, 9.17) is 23.2 Å². The van der Waals surface area contributed by atoms with E-state index in [2.05, 4.69) is 10.6 Å². The normalized spacial score (nSPS) is 20.4. The van der Waals surface area contributed by atoms with E-state index in [1.807, 2.05) is 6.07 Å². The van der Waals surface area contributed by atoms with Crippen LogP contribution in [-0.4, -0.2) is 38.5 Å². The molecule has 1 unspecified atom stereocenters. The van der Waals surface area contributed by atoms with E-state index in [1.165, 1.54) is 0 Å². The minimum Gasteiger partial charge on any atom is -0.338 e. The molecule has 5 nitrogen and oxygen atoms in total. The zero-order valence-electron chi connectivity index (χ0n) is 11.9. The second kappa shape index (κ2) is 7.53. The van der Waals surface area contributed by atoms with Gasteiger partial charge >= 0.3 is 6.03 Å². The minimum atomic E-state index is -3.02. The van der Waals surface area contributed by atoms with Gasteiger partial charge in [-0.1, -0.05) is 29.3 Å². The maximum atomic E-state index is 11.8. The van der Waals surface area contributed by atoms with Crippen LogP contribution in [0, 0.1) is 0 Å². The van der Waals surface area contributed by atoms with Crippen molar-refractivity contribution >= 4 is 39.1 Å². The molecule has 0 aliphatic carbocycles. The van der Waals surface area contributed by atoms with Crippen LogP contribution in [0.1, 0.15) is 18.4 Å². The molecule has 1 aromatic rings. The molecule has 0 spiro atoms. The van der Waals surface area contributed by atoms with Gasteiger partial charge in [-0.15, -0.1) is 0 Å². The van der Waals surface area contributed by atoms with Gasteiger partial charge in [0.25, 0.3) is 0 Å². The Morgan fingerprint density at radius 3 is 2.77 bits per heavy atom. The van der Waals surface area contributed by atoms with Gasteiger partial charge in [-0.3, -0.25) is 0 Å². The highest BCUT2D eigenvalue weighted by molar-refractivity contribution is 7.91. The van der Waals surface area contributed by atoms with Gasteiger partial charge in [-0.25, -0.2) is 13.2 Å². The summed E-state index contributed by atoms with van der Waals surface area (Å²) in [6.07, 6.45) is 1.86. The predicted octanol–water partition coefficient (Wildman–Crippen LogP) is 2.41. The van der Waals surface area contributed by atoms with Crippen molar-refractivity contribution in [2.24, 2.45) is 0 Å². The molecule has 1 fully saturated rings. The van der Waals surface area contributed by atoms with Gasteiger partial charge in [0.05, 0.1) is 11.5 Å². The van der Waals surface area contributed by atoms with Crippen LogP contribution in [0.15, 0.2) is 18.2 Å². The number of nitrogens with one attached hydrogen (secondary N) is 2. The SMILES string of the molecule is O=C(NCCc1ccc(Cl)cc1Cl)NC1CCCS(=O)(=O)C1. The van der Waals surface area contributed by atoms with E-state index in [9.17, 15) is 13.2 Å². The molecule has 2 amide bonds. The maximum absolute atomic E-state index is 11.8. The molecule has 1 saturated heterocycles. The van der Waals surface area contributed by atoms with E-state index < -0.39 is 9.84 Å². The Hall–Kier alpha value is -0.980. The third-order valence-electron chi connectivity index (χ3n) is 3.49. The quantitative estimate of drug-likeness (QED) is 0.861. The number of carbonyl (C=O) groups excluding carboxylic acids is 1. The van der Waals surface area contributed by atoms with Gasteiger partial charge in [0, 0.05) is 22.6 Å². The number of carbonyl (C=O) groups is 1. The zero-order chi connectivity index (χ0) is 16.2. The summed E-state index contributed by atoms with van der Waals surface area (Å²) in [6.45, 7) is 0.409. The van der Waals surface area contributed by atoms with Crippen LogP contribution >= 0.6 is 23.2 Å². The molecule has 1 heterocycles. The Balaban J connectivity index is 1.76. The molecule has 8 heteroatoms. The van der Waals surface area contributed by atoms with Crippen LogP contribution in [0.4, 0.5) is 4.79 Å². The molecule has 122 valence electrons. The Bertz CT molecular complexity index is 649. The molecular formula is C14H18Cl2N2O3S. The molecule has 1 aliphatic heterocycles. The zero-order valence-corrected chi connectivity index (χ0v) is 14.3. The van der Waals surface area contributed by atoms with Gasteiger partial charge in [-0.2, -0.15) is 0 Å². The van der Waals surface area contributed by atoms with E-state index in [-0.39, 0.29) is 23.6 Å². The Morgan fingerprint density at radius 1 is 1.32 bits per heavy atom. The van der Waals surface area contributed by atoms with Crippen molar-refractivity contribution < 1.29 is 13.2 Å². The number of rotatable bonds is 4. The van der Waals surface area contributed by atoms with Crippen LogP contribution in [0.25, 0.3) is 0 Å². The molecule has 1 atom stereocenters. The smallest absolute Gasteiger partial charge is 0.315 e. The maximum Gasteiger partial charge on any atom is 0.315 e. The average molecular weight is 365 g/mol. The summed E-state index contributed by atoms with van der Waals surface area (Å²) in [7, 11) is -3.02. The minimum absolute atomic E-state index is 0.0173. The third-order valence-corrected chi connectivity index (χ3v) is 5.90. The van der Waals surface area contributed by atoms with E-state index in [0.29, 0.717) is 35.9 Å². The topological polar surface area (TPSA) is 75.3 Å². The van der Waals surface area contributed by atoms with E-state index >= 15 is 0 Å². The second-order valence-electron chi connectivity index (χ2n) is 5.34. The van der Waals surface area contributed by atoms with Crippen LogP contribution in [-0.2, 0) is 16.3 Å². The summed E-state index contributed by atoms with van der Waals surface area (Å²) in [5, 5.41) is 6.54. The third kappa shape index (κ3) is 5.34. The van der Waals surface area contributed by atoms with Crippen molar-refractivity contribution in [2.75, 3.05) is 18.1 Å². The first-order valence-electron chi connectivity index (χ1n) is 7.04. The van der Waals surface area contributed by atoms with Crippen LogP contribution in [0.5, 0.6) is 0 Å². The number of halogens is 2. The Kier molecular flexibility index (Phi) is 5.94. The van der Waals surface area contributed by atoms with Gasteiger partial charge in [0.1, 0.15) is 0 Å². The van der Waals surface area contributed by atoms with Crippen molar-refractivity contribution in [2.45, 2.75) is 25.3 Å². The summed E-state index contributed by atoms with van der Waals surface area (Å²) in [4.78, 5) is 11.8. The van der Waals surface area contributed by atoms with Crippen molar-refractivity contribution in [3.8, 4) is 0 Å². The van der Waals surface area contributed by atoms with Crippen molar-refractivity contribution in [3.05, 3.63) is 33.8 Å². The number of urea groups is 1. The molecule has 2 N–H and O–H groups in total. The van der Waals surface area contributed by atoms with Crippen LogP contribution in [0.2, 0.25) is 10.0 Å². The number of benzene rings is 1. The largest absolute Gasteiger partial charge is 0.338 e. The molecule has 0 saturated carbocycles.